The largest absolute Gasteiger partial charge is 0.463 e. The Morgan fingerprint density at radius 2 is 1.71 bits per heavy atom. The van der Waals surface area contributed by atoms with E-state index >= 15 is 0 Å². The molecule has 4 saturated carbocycles. The van der Waals surface area contributed by atoms with Gasteiger partial charge in [-0.2, -0.15) is 0 Å². The zero-order valence-electron chi connectivity index (χ0n) is 10.6. The molecule has 94 valence electrons. The zero-order valence-corrected chi connectivity index (χ0v) is 10.6. The van der Waals surface area contributed by atoms with Crippen molar-refractivity contribution < 1.29 is 14.3 Å². The number of carbonyl (C=O) groups is 2. The van der Waals surface area contributed by atoms with E-state index in [1.165, 1.54) is 26.4 Å². The van der Waals surface area contributed by atoms with Crippen LogP contribution >= 0.6 is 0 Å². The van der Waals surface area contributed by atoms with Crippen molar-refractivity contribution >= 4 is 11.8 Å². The lowest BCUT2D eigenvalue weighted by atomic mass is 9.44. The van der Waals surface area contributed by atoms with E-state index in [1.54, 1.807) is 0 Å². The molecule has 4 bridgehead atoms. The molecule has 4 aliphatic carbocycles. The van der Waals surface area contributed by atoms with E-state index < -0.39 is 5.97 Å². The van der Waals surface area contributed by atoms with E-state index in [1.807, 2.05) is 0 Å². The van der Waals surface area contributed by atoms with Crippen LogP contribution in [0.1, 0.15) is 45.4 Å². The third kappa shape index (κ3) is 1.54. The van der Waals surface area contributed by atoms with Gasteiger partial charge in [0.1, 0.15) is 0 Å². The maximum Gasteiger partial charge on any atom is 0.374 e. The summed E-state index contributed by atoms with van der Waals surface area (Å²) in [5, 5.41) is 0. The number of carbonyl (C=O) groups excluding carboxylic acids is 2. The van der Waals surface area contributed by atoms with Gasteiger partial charge in [0.25, 0.3) is 0 Å². The van der Waals surface area contributed by atoms with Gasteiger partial charge >= 0.3 is 5.97 Å². The molecule has 0 saturated heterocycles. The summed E-state index contributed by atoms with van der Waals surface area (Å²) < 4.78 is 4.65. The number of Topliss-reactive ketones (excluding diaryl/α,β-unsaturated/α-hetero) is 1. The van der Waals surface area contributed by atoms with Crippen molar-refractivity contribution in [2.45, 2.75) is 45.4 Å². The van der Waals surface area contributed by atoms with Crippen molar-refractivity contribution in [3.05, 3.63) is 0 Å². The monoisotopic (exact) mass is 236 g/mol. The van der Waals surface area contributed by atoms with Gasteiger partial charge in [-0.1, -0.05) is 6.92 Å². The van der Waals surface area contributed by atoms with Gasteiger partial charge in [0.2, 0.25) is 5.78 Å². The van der Waals surface area contributed by atoms with Crippen molar-refractivity contribution in [1.29, 1.82) is 0 Å². The van der Waals surface area contributed by atoms with Crippen LogP contribution in [0.25, 0.3) is 0 Å². The highest BCUT2D eigenvalue weighted by Crippen LogP contribution is 2.65. The molecule has 3 heteroatoms. The summed E-state index contributed by atoms with van der Waals surface area (Å²) in [6.45, 7) is 2.30. The van der Waals surface area contributed by atoms with E-state index in [9.17, 15) is 9.59 Å². The fraction of sp³-hybridized carbons (Fsp3) is 0.857. The second-order valence-corrected chi connectivity index (χ2v) is 6.87. The van der Waals surface area contributed by atoms with Gasteiger partial charge in [0.05, 0.1) is 7.11 Å². The predicted molar refractivity (Wildman–Crippen MR) is 62.2 cm³/mol. The van der Waals surface area contributed by atoms with Gasteiger partial charge in [-0.05, 0) is 55.8 Å². The van der Waals surface area contributed by atoms with Crippen LogP contribution in [-0.4, -0.2) is 18.9 Å². The zero-order chi connectivity index (χ0) is 12.3. The molecular formula is C14H20O3. The van der Waals surface area contributed by atoms with E-state index in [4.69, 9.17) is 0 Å². The summed E-state index contributed by atoms with van der Waals surface area (Å²) in [5.41, 5.74) is -0.0698. The van der Waals surface area contributed by atoms with Crippen LogP contribution in [0.15, 0.2) is 0 Å². The first-order chi connectivity index (χ1) is 7.96. The highest BCUT2D eigenvalue weighted by atomic mass is 16.5. The second kappa shape index (κ2) is 3.33. The molecule has 0 heterocycles. The van der Waals surface area contributed by atoms with Crippen LogP contribution in [0.5, 0.6) is 0 Å². The summed E-state index contributed by atoms with van der Waals surface area (Å²) in [5.74, 6) is 0.445. The summed E-state index contributed by atoms with van der Waals surface area (Å²) in [6.07, 6.45) is 6.52. The summed E-state index contributed by atoms with van der Waals surface area (Å²) >= 11 is 0. The molecule has 4 fully saturated rings. The summed E-state index contributed by atoms with van der Waals surface area (Å²) in [4.78, 5) is 23.9. The lowest BCUT2D eigenvalue weighted by Gasteiger charge is -2.60. The minimum Gasteiger partial charge on any atom is -0.463 e. The molecule has 3 nitrogen and oxygen atoms in total. The van der Waals surface area contributed by atoms with E-state index in [2.05, 4.69) is 11.7 Å². The van der Waals surface area contributed by atoms with Crippen LogP contribution in [-0.2, 0) is 14.3 Å². The Balaban J connectivity index is 1.93. The highest BCUT2D eigenvalue weighted by Gasteiger charge is 2.60. The van der Waals surface area contributed by atoms with Crippen LogP contribution in [0.4, 0.5) is 0 Å². The molecular weight excluding hydrogens is 216 g/mol. The number of rotatable bonds is 2. The molecule has 2 atom stereocenters. The number of esters is 1. The molecule has 0 radical (unpaired) electrons. The molecule has 0 aromatic heterocycles. The number of methoxy groups -OCH3 is 1. The molecule has 17 heavy (non-hydrogen) atoms. The minimum atomic E-state index is -0.629. The Labute approximate surface area is 102 Å². The quantitative estimate of drug-likeness (QED) is 0.546. The molecule has 0 aliphatic heterocycles. The minimum absolute atomic E-state index is 0.250. The van der Waals surface area contributed by atoms with E-state index in [-0.39, 0.29) is 11.2 Å². The molecule has 0 aromatic rings. The third-order valence-electron chi connectivity index (χ3n) is 5.21. The van der Waals surface area contributed by atoms with Gasteiger partial charge < -0.3 is 4.74 Å². The van der Waals surface area contributed by atoms with Gasteiger partial charge in [-0.15, -0.1) is 0 Å². The maximum atomic E-state index is 12.3. The topological polar surface area (TPSA) is 43.4 Å². The first-order valence-electron chi connectivity index (χ1n) is 6.59. The van der Waals surface area contributed by atoms with E-state index in [0.717, 1.165) is 19.3 Å². The molecule has 0 aromatic carbocycles. The van der Waals surface area contributed by atoms with Crippen LogP contribution < -0.4 is 0 Å². The van der Waals surface area contributed by atoms with Gasteiger partial charge in [0.15, 0.2) is 0 Å². The van der Waals surface area contributed by atoms with Crippen LogP contribution in [0.3, 0.4) is 0 Å². The average molecular weight is 236 g/mol. The standard InChI is InChI=1S/C14H20O3/c1-13-4-9-3-10(5-13)7-14(6-9,8-13)11(15)12(16)17-2/h9-10H,3-8H2,1-2H3. The average Bonchev–Trinajstić information content (AvgIpc) is 2.23. The first-order valence-corrected chi connectivity index (χ1v) is 6.59. The lowest BCUT2D eigenvalue weighted by molar-refractivity contribution is -0.169. The van der Waals surface area contributed by atoms with Crippen molar-refractivity contribution in [3.63, 3.8) is 0 Å². The Bertz CT molecular complexity index is 371. The Morgan fingerprint density at radius 1 is 1.12 bits per heavy atom. The third-order valence-corrected chi connectivity index (χ3v) is 5.21. The number of hydrogen-bond donors (Lipinski definition) is 0. The molecule has 0 amide bonds. The summed E-state index contributed by atoms with van der Waals surface area (Å²) in [7, 11) is 1.31. The summed E-state index contributed by atoms with van der Waals surface area (Å²) in [6, 6.07) is 0. The molecule has 0 N–H and O–H groups in total. The number of ketones is 1. The lowest BCUT2D eigenvalue weighted by Crippen LogP contribution is -2.55. The van der Waals surface area contributed by atoms with E-state index in [0.29, 0.717) is 17.3 Å². The SMILES string of the molecule is COC(=O)C(=O)C12CC3CC(CC(C)(C3)C1)C2. The van der Waals surface area contributed by atoms with Crippen molar-refractivity contribution in [3.8, 4) is 0 Å². The molecule has 4 rings (SSSR count). The van der Waals surface area contributed by atoms with Gasteiger partial charge in [-0.3, -0.25) is 4.79 Å². The molecule has 0 spiro atoms. The molecule has 4 aliphatic rings. The van der Waals surface area contributed by atoms with Crippen molar-refractivity contribution in [1.82, 2.24) is 0 Å². The van der Waals surface area contributed by atoms with Crippen LogP contribution in [0.2, 0.25) is 0 Å². The number of ether oxygens (including phenoxy) is 1. The molecule has 2 unspecified atom stereocenters. The second-order valence-electron chi connectivity index (χ2n) is 6.87. The highest BCUT2D eigenvalue weighted by molar-refractivity contribution is 6.35. The fourth-order valence-electron chi connectivity index (χ4n) is 5.30. The van der Waals surface area contributed by atoms with Gasteiger partial charge in [-0.25, -0.2) is 4.79 Å². The predicted octanol–water partition coefficient (Wildman–Crippen LogP) is 2.33. The van der Waals surface area contributed by atoms with Crippen LogP contribution in [0, 0.1) is 22.7 Å². The Morgan fingerprint density at radius 3 is 2.18 bits per heavy atom. The first kappa shape index (κ1) is 11.2. The van der Waals surface area contributed by atoms with Crippen molar-refractivity contribution in [2.75, 3.05) is 7.11 Å². The smallest absolute Gasteiger partial charge is 0.374 e. The fourth-order valence-corrected chi connectivity index (χ4v) is 5.30. The normalized spacial score (nSPS) is 46.9. The number of hydrogen-bond acceptors (Lipinski definition) is 3. The maximum absolute atomic E-state index is 12.3. The van der Waals surface area contributed by atoms with Gasteiger partial charge in [0, 0.05) is 5.41 Å². The van der Waals surface area contributed by atoms with Crippen molar-refractivity contribution in [2.24, 2.45) is 22.7 Å². The Hall–Kier alpha value is -0.860. The Kier molecular flexibility index (Phi) is 2.20.